The number of piperidine rings is 1. The van der Waals surface area contributed by atoms with E-state index in [4.69, 9.17) is 10.3 Å². The van der Waals surface area contributed by atoms with Crippen LogP contribution >= 0.6 is 0 Å². The van der Waals surface area contributed by atoms with Crippen molar-refractivity contribution in [3.05, 3.63) is 65.9 Å². The predicted molar refractivity (Wildman–Crippen MR) is 111 cm³/mol. The second kappa shape index (κ2) is 8.18. The van der Waals surface area contributed by atoms with Gasteiger partial charge in [-0.25, -0.2) is 0 Å². The fourth-order valence-electron chi connectivity index (χ4n) is 3.51. The van der Waals surface area contributed by atoms with Crippen LogP contribution in [0, 0.1) is 0 Å². The summed E-state index contributed by atoms with van der Waals surface area (Å²) in [6.45, 7) is 1.81. The number of carbonyl (C=O) groups excluding carboxylic acids is 2. The molecule has 4 rings (SSSR count). The molecule has 1 saturated heterocycles. The van der Waals surface area contributed by atoms with Crippen LogP contribution in [0.1, 0.15) is 40.1 Å². The Hall–Kier alpha value is -3.61. The monoisotopic (exact) mass is 390 g/mol. The largest absolute Gasteiger partial charge is 0.370 e. The zero-order chi connectivity index (χ0) is 20.2. The highest BCUT2D eigenvalue weighted by Crippen LogP contribution is 2.30. The van der Waals surface area contributed by atoms with E-state index in [1.54, 1.807) is 18.2 Å². The average Bonchev–Trinajstić information content (AvgIpc) is 3.25. The highest BCUT2D eigenvalue weighted by atomic mass is 16.5. The van der Waals surface area contributed by atoms with Crippen molar-refractivity contribution in [2.45, 2.75) is 19.3 Å². The summed E-state index contributed by atoms with van der Waals surface area (Å²) in [7, 11) is 0. The van der Waals surface area contributed by atoms with Crippen molar-refractivity contribution in [2.75, 3.05) is 23.3 Å². The number of nitrogens with two attached hydrogens (primary N) is 1. The molecule has 3 N–H and O–H groups in total. The van der Waals surface area contributed by atoms with E-state index in [9.17, 15) is 9.59 Å². The van der Waals surface area contributed by atoms with Crippen LogP contribution in [0.3, 0.4) is 0 Å². The Morgan fingerprint density at radius 3 is 2.48 bits per heavy atom. The number of nitrogens with zero attached hydrogens (tertiary/aromatic N) is 2. The minimum Gasteiger partial charge on any atom is -0.370 e. The number of anilines is 2. The second-order valence-electron chi connectivity index (χ2n) is 7.04. The number of rotatable bonds is 5. The lowest BCUT2D eigenvalue weighted by molar-refractivity contribution is 0.0994. The lowest BCUT2D eigenvalue weighted by atomic mass is 10.1. The second-order valence-corrected chi connectivity index (χ2v) is 7.04. The van der Waals surface area contributed by atoms with Crippen LogP contribution in [-0.4, -0.2) is 30.1 Å². The van der Waals surface area contributed by atoms with Gasteiger partial charge in [0.1, 0.15) is 0 Å². The van der Waals surface area contributed by atoms with E-state index >= 15 is 0 Å². The van der Waals surface area contributed by atoms with Gasteiger partial charge in [0, 0.05) is 30.3 Å². The van der Waals surface area contributed by atoms with Gasteiger partial charge in [-0.05, 0) is 37.5 Å². The minimum atomic E-state index is -0.543. The Bertz CT molecular complexity index is 1020. The van der Waals surface area contributed by atoms with Crippen LogP contribution in [0.5, 0.6) is 0 Å². The Kier molecular flexibility index (Phi) is 5.29. The van der Waals surface area contributed by atoms with E-state index in [0.717, 1.165) is 37.2 Å². The van der Waals surface area contributed by atoms with Gasteiger partial charge in [-0.1, -0.05) is 35.5 Å². The van der Waals surface area contributed by atoms with Crippen molar-refractivity contribution in [3.8, 4) is 11.3 Å². The first kappa shape index (κ1) is 18.7. The van der Waals surface area contributed by atoms with Crippen molar-refractivity contribution in [1.29, 1.82) is 0 Å². The van der Waals surface area contributed by atoms with E-state index in [1.807, 2.05) is 36.4 Å². The van der Waals surface area contributed by atoms with Crippen LogP contribution in [0.25, 0.3) is 11.3 Å². The molecule has 148 valence electrons. The maximum Gasteiger partial charge on any atom is 0.277 e. The summed E-state index contributed by atoms with van der Waals surface area (Å²) in [6, 6.07) is 16.2. The molecule has 0 radical (unpaired) electrons. The molecule has 1 fully saturated rings. The van der Waals surface area contributed by atoms with E-state index in [0.29, 0.717) is 17.0 Å². The lowest BCUT2D eigenvalue weighted by Crippen LogP contribution is -2.30. The Balaban J connectivity index is 1.60. The van der Waals surface area contributed by atoms with Crippen molar-refractivity contribution >= 4 is 23.2 Å². The quantitative estimate of drug-likeness (QED) is 0.692. The number of hydrogen-bond donors (Lipinski definition) is 2. The maximum atomic E-state index is 12.8. The van der Waals surface area contributed by atoms with Crippen molar-refractivity contribution in [1.82, 2.24) is 5.16 Å². The molecule has 1 aliphatic rings. The van der Waals surface area contributed by atoms with Gasteiger partial charge in [-0.15, -0.1) is 0 Å². The number of amides is 2. The van der Waals surface area contributed by atoms with Crippen LogP contribution in [0.15, 0.2) is 59.1 Å². The highest BCUT2D eigenvalue weighted by molar-refractivity contribution is 6.06. The number of aromatic nitrogens is 1. The zero-order valence-corrected chi connectivity index (χ0v) is 15.9. The molecule has 0 bridgehead atoms. The molecule has 1 aromatic heterocycles. The third-order valence-electron chi connectivity index (χ3n) is 5.03. The molecule has 0 unspecified atom stereocenters. The predicted octanol–water partition coefficient (Wildman–Crippen LogP) is 3.68. The number of carbonyl (C=O) groups is 2. The van der Waals surface area contributed by atoms with Gasteiger partial charge in [0.25, 0.3) is 5.91 Å². The molecule has 2 heterocycles. The summed E-state index contributed by atoms with van der Waals surface area (Å²) in [6.07, 6.45) is 3.38. The van der Waals surface area contributed by atoms with Crippen molar-refractivity contribution in [3.63, 3.8) is 0 Å². The summed E-state index contributed by atoms with van der Waals surface area (Å²) in [5.74, 6) is -0.438. The normalized spacial score (nSPS) is 13.9. The summed E-state index contributed by atoms with van der Waals surface area (Å²) in [5, 5.41) is 6.77. The van der Waals surface area contributed by atoms with E-state index in [1.165, 1.54) is 6.42 Å². The van der Waals surface area contributed by atoms with Crippen molar-refractivity contribution < 1.29 is 14.1 Å². The van der Waals surface area contributed by atoms with Gasteiger partial charge in [-0.3, -0.25) is 9.59 Å². The summed E-state index contributed by atoms with van der Waals surface area (Å²) >= 11 is 0. The minimum absolute atomic E-state index is 0.165. The van der Waals surface area contributed by atoms with Gasteiger partial charge < -0.3 is 20.5 Å². The molecule has 3 aromatic rings. The first-order valence-corrected chi connectivity index (χ1v) is 9.64. The van der Waals surface area contributed by atoms with Gasteiger partial charge in [0.2, 0.25) is 5.91 Å². The molecule has 0 atom stereocenters. The molecule has 0 aliphatic carbocycles. The average molecular weight is 390 g/mol. The molecule has 1 aliphatic heterocycles. The van der Waals surface area contributed by atoms with Crippen LogP contribution in [0.4, 0.5) is 11.4 Å². The molecular formula is C22H22N4O3. The number of hydrogen-bond acceptors (Lipinski definition) is 5. The van der Waals surface area contributed by atoms with Gasteiger partial charge in [-0.2, -0.15) is 0 Å². The third kappa shape index (κ3) is 4.13. The summed E-state index contributed by atoms with van der Waals surface area (Å²) < 4.78 is 5.32. The van der Waals surface area contributed by atoms with Crippen molar-refractivity contribution in [2.24, 2.45) is 5.73 Å². The maximum absolute atomic E-state index is 12.8. The van der Waals surface area contributed by atoms with Crippen LogP contribution < -0.4 is 16.0 Å². The molecule has 7 nitrogen and oxygen atoms in total. The Morgan fingerprint density at radius 1 is 1.00 bits per heavy atom. The van der Waals surface area contributed by atoms with E-state index < -0.39 is 11.8 Å². The number of benzene rings is 2. The third-order valence-corrected chi connectivity index (χ3v) is 5.03. The molecule has 29 heavy (non-hydrogen) atoms. The van der Waals surface area contributed by atoms with Crippen LogP contribution in [0.2, 0.25) is 0 Å². The number of nitrogens with one attached hydrogen (secondary N) is 1. The molecular weight excluding hydrogens is 368 g/mol. The summed E-state index contributed by atoms with van der Waals surface area (Å²) in [5.41, 5.74) is 8.18. The Morgan fingerprint density at radius 2 is 1.76 bits per heavy atom. The molecule has 2 amide bonds. The highest BCUT2D eigenvalue weighted by Gasteiger charge is 2.20. The van der Waals surface area contributed by atoms with Gasteiger partial charge >= 0.3 is 0 Å². The first-order valence-electron chi connectivity index (χ1n) is 9.64. The molecule has 2 aromatic carbocycles. The molecule has 7 heteroatoms. The molecule has 0 saturated carbocycles. The smallest absolute Gasteiger partial charge is 0.277 e. The Labute approximate surface area is 168 Å². The fraction of sp³-hybridized carbons (Fsp3) is 0.227. The van der Waals surface area contributed by atoms with Gasteiger partial charge in [0.15, 0.2) is 11.5 Å². The topological polar surface area (TPSA) is 101 Å². The van der Waals surface area contributed by atoms with E-state index in [-0.39, 0.29) is 5.69 Å². The summed E-state index contributed by atoms with van der Waals surface area (Å²) in [4.78, 5) is 26.6. The lowest BCUT2D eigenvalue weighted by Gasteiger charge is -2.30. The van der Waals surface area contributed by atoms with E-state index in [2.05, 4.69) is 15.4 Å². The zero-order valence-electron chi connectivity index (χ0n) is 15.9. The SMILES string of the molecule is NC(=O)c1ccc(N2CCCCC2)c(NC(=O)c2cc(-c3ccccc3)on2)c1. The first-order chi connectivity index (χ1) is 14.1. The fourth-order valence-corrected chi connectivity index (χ4v) is 3.51. The molecule has 0 spiro atoms. The van der Waals surface area contributed by atoms with Gasteiger partial charge in [0.05, 0.1) is 11.4 Å². The standard InChI is InChI=1S/C22H22N4O3/c23-21(27)16-9-10-19(26-11-5-2-6-12-26)17(13-16)24-22(28)18-14-20(29-25-18)15-7-3-1-4-8-15/h1,3-4,7-10,13-14H,2,5-6,11-12H2,(H2,23,27)(H,24,28). The number of primary amides is 1. The van der Waals surface area contributed by atoms with Crippen LogP contribution in [-0.2, 0) is 0 Å².